The number of nitrogens with one attached hydrogen (secondary N) is 1. The lowest BCUT2D eigenvalue weighted by atomic mass is 10.1. The second kappa shape index (κ2) is 9.86. The summed E-state index contributed by atoms with van der Waals surface area (Å²) in [7, 11) is 0. The van der Waals surface area contributed by atoms with E-state index in [1.807, 2.05) is 46.7 Å². The van der Waals surface area contributed by atoms with Crippen LogP contribution in [0, 0.1) is 6.92 Å². The molecule has 0 unspecified atom stereocenters. The van der Waals surface area contributed by atoms with Crippen LogP contribution in [-0.4, -0.2) is 39.5 Å². The summed E-state index contributed by atoms with van der Waals surface area (Å²) < 4.78 is 41.7. The van der Waals surface area contributed by atoms with Crippen LogP contribution in [0.15, 0.2) is 53.7 Å². The Kier molecular flexibility index (Phi) is 6.92. The monoisotopic (exact) mass is 475 g/mol. The van der Waals surface area contributed by atoms with E-state index < -0.39 is 17.6 Å². The molecule has 0 aliphatic carbocycles. The lowest BCUT2D eigenvalue weighted by Crippen LogP contribution is -2.22. The maximum Gasteiger partial charge on any atom is 0.416 e. The number of anilines is 2. The van der Waals surface area contributed by atoms with E-state index in [9.17, 15) is 18.0 Å². The molecule has 33 heavy (non-hydrogen) atoms. The van der Waals surface area contributed by atoms with Gasteiger partial charge in [0.25, 0.3) is 0 Å². The molecule has 3 aromatic rings. The van der Waals surface area contributed by atoms with Gasteiger partial charge in [0.1, 0.15) is 5.82 Å². The summed E-state index contributed by atoms with van der Waals surface area (Å²) in [4.78, 5) is 14.7. The first-order valence-electron chi connectivity index (χ1n) is 10.6. The van der Waals surface area contributed by atoms with Crippen LogP contribution in [0.1, 0.15) is 29.8 Å². The van der Waals surface area contributed by atoms with Gasteiger partial charge in [-0.25, -0.2) is 0 Å². The van der Waals surface area contributed by atoms with Crippen molar-refractivity contribution in [3.05, 3.63) is 65.5 Å². The van der Waals surface area contributed by atoms with Gasteiger partial charge in [0.05, 0.1) is 29.2 Å². The number of rotatable bonds is 7. The van der Waals surface area contributed by atoms with E-state index in [0.29, 0.717) is 17.4 Å². The molecule has 1 N–H and O–H groups in total. The number of hydrogen-bond donors (Lipinski definition) is 1. The molecule has 4 rings (SSSR count). The van der Waals surface area contributed by atoms with Gasteiger partial charge in [0, 0.05) is 13.1 Å². The number of alkyl halides is 3. The van der Waals surface area contributed by atoms with Crippen LogP contribution >= 0.6 is 11.8 Å². The van der Waals surface area contributed by atoms with Crippen molar-refractivity contribution in [1.29, 1.82) is 0 Å². The average molecular weight is 476 g/mol. The Morgan fingerprint density at radius 3 is 2.52 bits per heavy atom. The zero-order valence-corrected chi connectivity index (χ0v) is 18.9. The number of hydrogen-bond acceptors (Lipinski definition) is 5. The Morgan fingerprint density at radius 2 is 1.82 bits per heavy atom. The van der Waals surface area contributed by atoms with Crippen LogP contribution in [0.25, 0.3) is 0 Å². The van der Waals surface area contributed by atoms with Gasteiger partial charge in [-0.15, -0.1) is 10.2 Å². The first-order chi connectivity index (χ1) is 15.8. The van der Waals surface area contributed by atoms with Crippen molar-refractivity contribution in [3.63, 3.8) is 0 Å². The molecule has 0 atom stereocenters. The maximum atomic E-state index is 13.3. The number of amides is 1. The van der Waals surface area contributed by atoms with Crippen molar-refractivity contribution < 1.29 is 18.0 Å². The molecule has 10 heteroatoms. The maximum absolute atomic E-state index is 13.3. The van der Waals surface area contributed by atoms with Crippen molar-refractivity contribution in [2.45, 2.75) is 37.6 Å². The molecule has 1 aliphatic rings. The summed E-state index contributed by atoms with van der Waals surface area (Å²) in [5, 5.41) is 11.5. The molecule has 0 bridgehead atoms. The van der Waals surface area contributed by atoms with E-state index >= 15 is 0 Å². The van der Waals surface area contributed by atoms with E-state index in [0.717, 1.165) is 49.5 Å². The fourth-order valence-electron chi connectivity index (χ4n) is 3.78. The summed E-state index contributed by atoms with van der Waals surface area (Å²) in [5.41, 5.74) is 1.08. The SMILES string of the molecule is Cc1nnc(SCC(=O)Nc2cc(C(F)(F)F)ccc2N2CCCC2)n1Cc1ccccc1. The molecule has 1 saturated heterocycles. The zero-order valence-electron chi connectivity index (χ0n) is 18.1. The molecule has 1 aliphatic heterocycles. The van der Waals surface area contributed by atoms with Gasteiger partial charge >= 0.3 is 6.18 Å². The van der Waals surface area contributed by atoms with Crippen LogP contribution in [0.2, 0.25) is 0 Å². The van der Waals surface area contributed by atoms with Crippen LogP contribution in [0.4, 0.5) is 24.5 Å². The summed E-state index contributed by atoms with van der Waals surface area (Å²) in [6, 6.07) is 13.3. The Balaban J connectivity index is 1.47. The predicted octanol–water partition coefficient (Wildman–Crippen LogP) is 4.98. The molecular weight excluding hydrogens is 451 g/mol. The quantitative estimate of drug-likeness (QED) is 0.488. The summed E-state index contributed by atoms with van der Waals surface area (Å²) >= 11 is 1.20. The minimum atomic E-state index is -4.48. The third-order valence-corrected chi connectivity index (χ3v) is 6.43. The normalized spacial score (nSPS) is 14.0. The summed E-state index contributed by atoms with van der Waals surface area (Å²) in [6.45, 7) is 3.91. The fraction of sp³-hybridized carbons (Fsp3) is 0.348. The Bertz CT molecular complexity index is 1110. The number of halogens is 3. The first kappa shape index (κ1) is 23.2. The van der Waals surface area contributed by atoms with Gasteiger partial charge in [-0.2, -0.15) is 13.2 Å². The van der Waals surface area contributed by atoms with E-state index in [4.69, 9.17) is 0 Å². The summed E-state index contributed by atoms with van der Waals surface area (Å²) in [6.07, 6.45) is -2.54. The summed E-state index contributed by atoms with van der Waals surface area (Å²) in [5.74, 6) is 0.324. The standard InChI is InChI=1S/C23H24F3N5OS/c1-16-28-29-22(31(16)14-17-7-3-2-4-8-17)33-15-21(32)27-19-13-18(23(24,25)26)9-10-20(19)30-11-5-6-12-30/h2-4,7-10,13H,5-6,11-12,14-15H2,1H3,(H,27,32). The van der Waals surface area contributed by atoms with Crippen molar-refractivity contribution in [1.82, 2.24) is 14.8 Å². The van der Waals surface area contributed by atoms with E-state index in [2.05, 4.69) is 15.5 Å². The van der Waals surface area contributed by atoms with Crippen LogP contribution in [0.3, 0.4) is 0 Å². The predicted molar refractivity (Wildman–Crippen MR) is 123 cm³/mol. The molecule has 0 radical (unpaired) electrons. The molecule has 6 nitrogen and oxygen atoms in total. The number of thioether (sulfide) groups is 1. The molecule has 0 saturated carbocycles. The smallest absolute Gasteiger partial charge is 0.370 e. The highest BCUT2D eigenvalue weighted by molar-refractivity contribution is 7.99. The molecule has 1 amide bonds. The van der Waals surface area contributed by atoms with Crippen molar-refractivity contribution >= 4 is 29.0 Å². The minimum Gasteiger partial charge on any atom is -0.370 e. The van der Waals surface area contributed by atoms with Crippen molar-refractivity contribution in [3.8, 4) is 0 Å². The molecule has 174 valence electrons. The largest absolute Gasteiger partial charge is 0.416 e. The van der Waals surface area contributed by atoms with Crippen molar-refractivity contribution in [2.75, 3.05) is 29.1 Å². The number of aromatic nitrogens is 3. The Hall–Kier alpha value is -3.01. The number of nitrogens with zero attached hydrogens (tertiary/aromatic N) is 4. The van der Waals surface area contributed by atoms with Gasteiger partial charge in [-0.1, -0.05) is 42.1 Å². The second-order valence-electron chi connectivity index (χ2n) is 7.86. The topological polar surface area (TPSA) is 63.1 Å². The average Bonchev–Trinajstić information content (AvgIpc) is 3.43. The van der Waals surface area contributed by atoms with Gasteiger partial charge in [-0.3, -0.25) is 4.79 Å². The highest BCUT2D eigenvalue weighted by Gasteiger charge is 2.32. The molecule has 1 fully saturated rings. The van der Waals surface area contributed by atoms with E-state index in [-0.39, 0.29) is 11.4 Å². The highest BCUT2D eigenvalue weighted by Crippen LogP contribution is 2.36. The first-order valence-corrected chi connectivity index (χ1v) is 11.6. The molecule has 0 spiro atoms. The fourth-order valence-corrected chi connectivity index (χ4v) is 4.56. The Labute approximate surface area is 194 Å². The zero-order chi connectivity index (χ0) is 23.4. The van der Waals surface area contributed by atoms with Gasteiger partial charge < -0.3 is 14.8 Å². The lowest BCUT2D eigenvalue weighted by Gasteiger charge is -2.23. The molecule has 2 heterocycles. The lowest BCUT2D eigenvalue weighted by molar-refractivity contribution is -0.137. The minimum absolute atomic E-state index is 0.00259. The number of carbonyl (C=O) groups excluding carboxylic acids is 1. The second-order valence-corrected chi connectivity index (χ2v) is 8.80. The molecule has 2 aromatic carbocycles. The van der Waals surface area contributed by atoms with Gasteiger partial charge in [-0.05, 0) is 43.5 Å². The van der Waals surface area contributed by atoms with E-state index in [1.54, 1.807) is 0 Å². The van der Waals surface area contributed by atoms with Crippen LogP contribution in [0.5, 0.6) is 0 Å². The highest BCUT2D eigenvalue weighted by atomic mass is 32.2. The number of carbonyl (C=O) groups is 1. The van der Waals surface area contributed by atoms with Gasteiger partial charge in [0.15, 0.2) is 5.16 Å². The van der Waals surface area contributed by atoms with Crippen molar-refractivity contribution in [2.24, 2.45) is 0 Å². The Morgan fingerprint density at radius 1 is 1.09 bits per heavy atom. The molecular formula is C23H24F3N5OS. The van der Waals surface area contributed by atoms with Gasteiger partial charge in [0.2, 0.25) is 5.91 Å². The third kappa shape index (κ3) is 5.68. The van der Waals surface area contributed by atoms with Crippen LogP contribution < -0.4 is 10.2 Å². The van der Waals surface area contributed by atoms with Crippen LogP contribution in [-0.2, 0) is 17.5 Å². The number of benzene rings is 2. The molecule has 1 aromatic heterocycles. The number of aryl methyl sites for hydroxylation is 1. The third-order valence-electron chi connectivity index (χ3n) is 5.46. The van der Waals surface area contributed by atoms with E-state index in [1.165, 1.54) is 17.8 Å².